The Labute approximate surface area is 181 Å². The summed E-state index contributed by atoms with van der Waals surface area (Å²) in [7, 11) is 0. The zero-order chi connectivity index (χ0) is 21.5. The van der Waals surface area contributed by atoms with Gasteiger partial charge < -0.3 is 19.8 Å². The van der Waals surface area contributed by atoms with E-state index in [1.165, 1.54) is 17.6 Å². The number of carbonyl (C=O) groups excluding carboxylic acids is 2. The molecule has 0 saturated heterocycles. The molecule has 9 heteroatoms. The Morgan fingerprint density at radius 2 is 1.97 bits per heavy atom. The maximum absolute atomic E-state index is 12.1. The molecule has 0 radical (unpaired) electrons. The fraction of sp³-hybridized carbons (Fsp3) is 0.0909. The molecule has 0 unspecified atom stereocenters. The van der Waals surface area contributed by atoms with E-state index in [9.17, 15) is 9.59 Å². The summed E-state index contributed by atoms with van der Waals surface area (Å²) in [5.74, 6) is 0.0294. The van der Waals surface area contributed by atoms with Crippen LogP contribution in [-0.2, 0) is 11.3 Å². The molecule has 1 aromatic carbocycles. The quantitative estimate of drug-likeness (QED) is 0.438. The second-order valence-corrected chi connectivity index (χ2v) is 7.33. The number of thiazole rings is 1. The zero-order valence-corrected chi connectivity index (χ0v) is 17.1. The summed E-state index contributed by atoms with van der Waals surface area (Å²) in [4.78, 5) is 32.7. The van der Waals surface area contributed by atoms with Crippen molar-refractivity contribution in [3.05, 3.63) is 83.3 Å². The van der Waals surface area contributed by atoms with Gasteiger partial charge in [0.15, 0.2) is 12.4 Å². The van der Waals surface area contributed by atoms with Crippen LogP contribution in [0.1, 0.15) is 15.6 Å². The number of rotatable bonds is 8. The molecule has 31 heavy (non-hydrogen) atoms. The minimum Gasteiger partial charge on any atom is -0.484 e. The minimum absolute atomic E-state index is 0.155. The third kappa shape index (κ3) is 5.55. The lowest BCUT2D eigenvalue weighted by Crippen LogP contribution is -2.28. The molecule has 8 nitrogen and oxygen atoms in total. The van der Waals surface area contributed by atoms with Gasteiger partial charge in [-0.25, -0.2) is 4.98 Å². The molecule has 2 amide bonds. The number of amides is 2. The first kappa shape index (κ1) is 20.3. The normalized spacial score (nSPS) is 10.5. The molecular formula is C22H18N4O4S. The van der Waals surface area contributed by atoms with Crippen LogP contribution in [0.4, 0.5) is 5.69 Å². The van der Waals surface area contributed by atoms with Gasteiger partial charge in [0.1, 0.15) is 10.8 Å². The summed E-state index contributed by atoms with van der Waals surface area (Å²) in [6.45, 7) is 0.162. The van der Waals surface area contributed by atoms with Crippen LogP contribution >= 0.6 is 11.3 Å². The first-order chi connectivity index (χ1) is 15.2. The van der Waals surface area contributed by atoms with E-state index in [-0.39, 0.29) is 24.2 Å². The average molecular weight is 434 g/mol. The number of hydrogen-bond acceptors (Lipinski definition) is 7. The van der Waals surface area contributed by atoms with E-state index in [4.69, 9.17) is 9.15 Å². The largest absolute Gasteiger partial charge is 0.484 e. The van der Waals surface area contributed by atoms with Gasteiger partial charge in [0, 0.05) is 35.1 Å². The summed E-state index contributed by atoms with van der Waals surface area (Å²) >= 11 is 1.47. The molecule has 3 heterocycles. The van der Waals surface area contributed by atoms with Gasteiger partial charge in [-0.3, -0.25) is 14.6 Å². The van der Waals surface area contributed by atoms with Crippen LogP contribution in [-0.4, -0.2) is 28.4 Å². The van der Waals surface area contributed by atoms with Crippen LogP contribution in [0, 0.1) is 0 Å². The van der Waals surface area contributed by atoms with Crippen molar-refractivity contribution in [2.75, 3.05) is 11.9 Å². The molecule has 2 N–H and O–H groups in total. The number of benzene rings is 1. The third-order valence-electron chi connectivity index (χ3n) is 4.17. The maximum Gasteiger partial charge on any atom is 0.291 e. The second kappa shape index (κ2) is 9.68. The van der Waals surface area contributed by atoms with Crippen molar-refractivity contribution < 1.29 is 18.7 Å². The fourth-order valence-corrected chi connectivity index (χ4v) is 3.43. The Morgan fingerprint density at radius 1 is 1.10 bits per heavy atom. The highest BCUT2D eigenvalue weighted by Crippen LogP contribution is 2.21. The molecule has 0 atom stereocenters. The number of ether oxygens (including phenoxy) is 1. The number of carbonyl (C=O) groups is 2. The van der Waals surface area contributed by atoms with Crippen LogP contribution in [0.2, 0.25) is 0 Å². The van der Waals surface area contributed by atoms with Gasteiger partial charge in [-0.05, 0) is 36.4 Å². The van der Waals surface area contributed by atoms with Crippen LogP contribution in [0.5, 0.6) is 5.75 Å². The van der Waals surface area contributed by atoms with Crippen molar-refractivity contribution in [2.24, 2.45) is 0 Å². The zero-order valence-electron chi connectivity index (χ0n) is 16.3. The first-order valence-electron chi connectivity index (χ1n) is 9.36. The van der Waals surface area contributed by atoms with Crippen LogP contribution in [0.15, 0.2) is 77.0 Å². The predicted octanol–water partition coefficient (Wildman–Crippen LogP) is 3.75. The number of anilines is 1. The highest BCUT2D eigenvalue weighted by molar-refractivity contribution is 7.09. The number of pyridine rings is 1. The Morgan fingerprint density at radius 3 is 2.77 bits per heavy atom. The van der Waals surface area contributed by atoms with E-state index in [0.29, 0.717) is 18.0 Å². The van der Waals surface area contributed by atoms with E-state index in [1.807, 2.05) is 17.5 Å². The lowest BCUT2D eigenvalue weighted by molar-refractivity contribution is -0.123. The van der Waals surface area contributed by atoms with Crippen molar-refractivity contribution in [2.45, 2.75) is 6.54 Å². The second-order valence-electron chi connectivity index (χ2n) is 6.39. The van der Waals surface area contributed by atoms with E-state index in [1.54, 1.807) is 48.8 Å². The summed E-state index contributed by atoms with van der Waals surface area (Å²) in [5, 5.41) is 8.23. The number of nitrogens with one attached hydrogen (secondary N) is 2. The molecule has 0 aliphatic rings. The standard InChI is InChI=1S/C22H18N4O4S/c27-20(24-12-21-26-18(14-31-21)15-6-8-23-9-7-15)13-30-17-4-1-3-16(11-17)25-22(28)19-5-2-10-29-19/h1-11,14H,12-13H2,(H,24,27)(H,25,28). The van der Waals surface area contributed by atoms with Crippen LogP contribution in [0.3, 0.4) is 0 Å². The molecule has 4 aromatic rings. The SMILES string of the molecule is O=C(COc1cccc(NC(=O)c2ccco2)c1)NCc1nc(-c2ccncc2)cs1. The van der Waals surface area contributed by atoms with Gasteiger partial charge in [0.05, 0.1) is 18.5 Å². The molecular weight excluding hydrogens is 416 g/mol. The molecule has 0 aliphatic heterocycles. The molecule has 0 fully saturated rings. The Bertz CT molecular complexity index is 1160. The predicted molar refractivity (Wildman–Crippen MR) is 116 cm³/mol. The number of nitrogens with zero attached hydrogens (tertiary/aromatic N) is 2. The summed E-state index contributed by atoms with van der Waals surface area (Å²) < 4.78 is 10.6. The lowest BCUT2D eigenvalue weighted by atomic mass is 10.2. The molecule has 0 aliphatic carbocycles. The number of aromatic nitrogens is 2. The first-order valence-corrected chi connectivity index (χ1v) is 10.2. The van der Waals surface area contributed by atoms with Gasteiger partial charge in [0.25, 0.3) is 11.8 Å². The van der Waals surface area contributed by atoms with Gasteiger partial charge >= 0.3 is 0 Å². The Balaban J connectivity index is 1.25. The highest BCUT2D eigenvalue weighted by Gasteiger charge is 2.10. The van der Waals surface area contributed by atoms with E-state index in [2.05, 4.69) is 20.6 Å². The summed E-state index contributed by atoms with van der Waals surface area (Å²) in [6.07, 6.45) is 4.86. The fourth-order valence-electron chi connectivity index (χ4n) is 2.69. The van der Waals surface area contributed by atoms with Crippen LogP contribution in [0.25, 0.3) is 11.3 Å². The number of hydrogen-bond donors (Lipinski definition) is 2. The monoisotopic (exact) mass is 434 g/mol. The third-order valence-corrected chi connectivity index (χ3v) is 5.02. The van der Waals surface area contributed by atoms with E-state index in [0.717, 1.165) is 16.3 Å². The van der Waals surface area contributed by atoms with Crippen LogP contribution < -0.4 is 15.4 Å². The van der Waals surface area contributed by atoms with Crippen molar-refractivity contribution >= 4 is 28.8 Å². The van der Waals surface area contributed by atoms with E-state index >= 15 is 0 Å². The lowest BCUT2D eigenvalue weighted by Gasteiger charge is -2.09. The minimum atomic E-state index is -0.366. The molecule has 4 rings (SSSR count). The van der Waals surface area contributed by atoms with Crippen molar-refractivity contribution in [3.63, 3.8) is 0 Å². The van der Waals surface area contributed by atoms with Crippen molar-refractivity contribution in [1.82, 2.24) is 15.3 Å². The van der Waals surface area contributed by atoms with Gasteiger partial charge in [-0.1, -0.05) is 6.07 Å². The highest BCUT2D eigenvalue weighted by atomic mass is 32.1. The maximum atomic E-state index is 12.1. The molecule has 3 aromatic heterocycles. The van der Waals surface area contributed by atoms with Gasteiger partial charge in [0.2, 0.25) is 0 Å². The molecule has 0 spiro atoms. The van der Waals surface area contributed by atoms with Crippen molar-refractivity contribution in [1.29, 1.82) is 0 Å². The van der Waals surface area contributed by atoms with Gasteiger partial charge in [-0.2, -0.15) is 0 Å². The topological polar surface area (TPSA) is 106 Å². The summed E-state index contributed by atoms with van der Waals surface area (Å²) in [6, 6.07) is 13.8. The average Bonchev–Trinajstić information content (AvgIpc) is 3.50. The molecule has 156 valence electrons. The number of furan rings is 1. The summed E-state index contributed by atoms with van der Waals surface area (Å²) in [5.41, 5.74) is 2.36. The molecule has 0 bridgehead atoms. The van der Waals surface area contributed by atoms with E-state index < -0.39 is 0 Å². The Kier molecular flexibility index (Phi) is 6.34. The Hall–Kier alpha value is -3.98. The molecule has 0 saturated carbocycles. The van der Waals surface area contributed by atoms with Crippen molar-refractivity contribution in [3.8, 4) is 17.0 Å². The smallest absolute Gasteiger partial charge is 0.291 e. The van der Waals surface area contributed by atoms with Gasteiger partial charge in [-0.15, -0.1) is 11.3 Å².